The van der Waals surface area contributed by atoms with Crippen molar-refractivity contribution in [2.24, 2.45) is 5.73 Å². The molecule has 3 rings (SSSR count). The largest absolute Gasteiger partial charge is 0.323 e. The summed E-state index contributed by atoms with van der Waals surface area (Å²) < 4.78 is 2.20. The molecule has 3 heteroatoms. The van der Waals surface area contributed by atoms with Gasteiger partial charge in [0.15, 0.2) is 0 Å². The Morgan fingerprint density at radius 2 is 2.00 bits per heavy atom. The normalized spacial score (nSPS) is 26.9. The van der Waals surface area contributed by atoms with E-state index in [1.54, 1.807) is 0 Å². The van der Waals surface area contributed by atoms with E-state index < -0.39 is 0 Å². The first-order valence-electron chi connectivity index (χ1n) is 6.18. The van der Waals surface area contributed by atoms with Crippen LogP contribution in [0.4, 0.5) is 0 Å². The minimum Gasteiger partial charge on any atom is -0.323 e. The third-order valence-corrected chi connectivity index (χ3v) is 3.85. The second-order valence-corrected chi connectivity index (χ2v) is 4.96. The predicted octanol–water partition coefficient (Wildman–Crippen LogP) is 2.33. The van der Waals surface area contributed by atoms with Gasteiger partial charge in [-0.05, 0) is 37.7 Å². The van der Waals surface area contributed by atoms with Crippen molar-refractivity contribution < 1.29 is 0 Å². The van der Waals surface area contributed by atoms with Gasteiger partial charge >= 0.3 is 0 Å². The summed E-state index contributed by atoms with van der Waals surface area (Å²) in [6.45, 7) is 0. The molecule has 1 aromatic rings. The van der Waals surface area contributed by atoms with Crippen LogP contribution in [0.5, 0.6) is 0 Å². The molecule has 1 fully saturated rings. The van der Waals surface area contributed by atoms with Gasteiger partial charge in [0.25, 0.3) is 0 Å². The van der Waals surface area contributed by atoms with Gasteiger partial charge in [-0.2, -0.15) is 5.10 Å². The summed E-state index contributed by atoms with van der Waals surface area (Å²) in [7, 11) is 0. The van der Waals surface area contributed by atoms with Crippen LogP contribution in [0, 0.1) is 0 Å². The van der Waals surface area contributed by atoms with Gasteiger partial charge in [-0.1, -0.05) is 12.8 Å². The van der Waals surface area contributed by atoms with Crippen LogP contribution in [-0.4, -0.2) is 9.78 Å². The summed E-state index contributed by atoms with van der Waals surface area (Å²) in [6, 6.07) is 0.846. The fraction of sp³-hybridized carbons (Fsp3) is 0.750. The molecule has 0 amide bonds. The van der Waals surface area contributed by atoms with Gasteiger partial charge in [0, 0.05) is 12.2 Å². The van der Waals surface area contributed by atoms with Crippen LogP contribution in [0.25, 0.3) is 0 Å². The summed E-state index contributed by atoms with van der Waals surface area (Å²) in [6.07, 6.45) is 11.1. The van der Waals surface area contributed by atoms with E-state index in [4.69, 9.17) is 10.8 Å². The molecule has 1 atom stereocenters. The molecular formula is C12H19N3. The summed E-state index contributed by atoms with van der Waals surface area (Å²) in [4.78, 5) is 0. The molecule has 2 N–H and O–H groups in total. The van der Waals surface area contributed by atoms with E-state index in [-0.39, 0.29) is 6.04 Å². The van der Waals surface area contributed by atoms with Crippen LogP contribution >= 0.6 is 0 Å². The first-order valence-corrected chi connectivity index (χ1v) is 6.18. The Labute approximate surface area is 90.7 Å². The molecule has 1 saturated carbocycles. The van der Waals surface area contributed by atoms with E-state index in [0.29, 0.717) is 6.04 Å². The fourth-order valence-electron chi connectivity index (χ4n) is 2.95. The van der Waals surface area contributed by atoms with Crippen LogP contribution in [0.15, 0.2) is 6.20 Å². The van der Waals surface area contributed by atoms with Gasteiger partial charge < -0.3 is 5.73 Å². The fourth-order valence-corrected chi connectivity index (χ4v) is 2.95. The Morgan fingerprint density at radius 1 is 1.20 bits per heavy atom. The summed E-state index contributed by atoms with van der Waals surface area (Å²) >= 11 is 0. The molecule has 15 heavy (non-hydrogen) atoms. The maximum Gasteiger partial charge on any atom is 0.0823 e. The lowest BCUT2D eigenvalue weighted by Gasteiger charge is -2.15. The van der Waals surface area contributed by atoms with Gasteiger partial charge in [0.1, 0.15) is 0 Å². The Hall–Kier alpha value is -0.830. The van der Waals surface area contributed by atoms with Crippen molar-refractivity contribution in [2.45, 2.75) is 57.0 Å². The number of nitrogens with two attached hydrogens (primary N) is 1. The van der Waals surface area contributed by atoms with E-state index in [2.05, 4.69) is 10.9 Å². The van der Waals surface area contributed by atoms with Crippen LogP contribution < -0.4 is 5.73 Å². The SMILES string of the molecule is NC1CCCc2cn(C3CCCC3)nc21. The van der Waals surface area contributed by atoms with E-state index in [9.17, 15) is 0 Å². The summed E-state index contributed by atoms with van der Waals surface area (Å²) in [5, 5.41) is 4.71. The Bertz CT molecular complexity index is 350. The smallest absolute Gasteiger partial charge is 0.0823 e. The third kappa shape index (κ3) is 1.59. The minimum absolute atomic E-state index is 0.191. The maximum absolute atomic E-state index is 6.08. The zero-order valence-electron chi connectivity index (χ0n) is 9.15. The van der Waals surface area contributed by atoms with Crippen molar-refractivity contribution >= 4 is 0 Å². The second kappa shape index (κ2) is 3.63. The summed E-state index contributed by atoms with van der Waals surface area (Å²) in [5.74, 6) is 0. The van der Waals surface area contributed by atoms with Gasteiger partial charge in [0.05, 0.1) is 11.7 Å². The zero-order chi connectivity index (χ0) is 10.3. The molecule has 1 unspecified atom stereocenters. The number of aryl methyl sites for hydroxylation is 1. The first kappa shape index (κ1) is 9.40. The Morgan fingerprint density at radius 3 is 2.73 bits per heavy atom. The molecule has 0 spiro atoms. The highest BCUT2D eigenvalue weighted by Gasteiger charge is 2.24. The van der Waals surface area contributed by atoms with Gasteiger partial charge in [-0.25, -0.2) is 0 Å². The lowest BCUT2D eigenvalue weighted by molar-refractivity contribution is 0.456. The van der Waals surface area contributed by atoms with Gasteiger partial charge in [-0.15, -0.1) is 0 Å². The molecule has 82 valence electrons. The van der Waals surface area contributed by atoms with Crippen LogP contribution in [0.1, 0.15) is 61.9 Å². The molecule has 2 aliphatic rings. The Kier molecular flexibility index (Phi) is 2.28. The number of fused-ring (bicyclic) bond motifs is 1. The monoisotopic (exact) mass is 205 g/mol. The van der Waals surface area contributed by atoms with Crippen LogP contribution in [0.2, 0.25) is 0 Å². The molecule has 0 bridgehead atoms. The van der Waals surface area contributed by atoms with Crippen molar-refractivity contribution in [1.29, 1.82) is 0 Å². The highest BCUT2D eigenvalue weighted by atomic mass is 15.3. The van der Waals surface area contributed by atoms with Crippen molar-refractivity contribution in [3.05, 3.63) is 17.5 Å². The lowest BCUT2D eigenvalue weighted by atomic mass is 9.95. The second-order valence-electron chi connectivity index (χ2n) is 4.96. The zero-order valence-corrected chi connectivity index (χ0v) is 9.15. The van der Waals surface area contributed by atoms with Crippen molar-refractivity contribution in [1.82, 2.24) is 9.78 Å². The Balaban J connectivity index is 1.90. The van der Waals surface area contributed by atoms with E-state index in [1.807, 2.05) is 0 Å². The minimum atomic E-state index is 0.191. The van der Waals surface area contributed by atoms with Gasteiger partial charge in [-0.3, -0.25) is 4.68 Å². The molecule has 0 aromatic carbocycles. The number of nitrogens with zero attached hydrogens (tertiary/aromatic N) is 2. The topological polar surface area (TPSA) is 43.8 Å². The number of hydrogen-bond donors (Lipinski definition) is 1. The number of rotatable bonds is 1. The number of aromatic nitrogens is 2. The predicted molar refractivity (Wildman–Crippen MR) is 59.6 cm³/mol. The molecule has 1 aromatic heterocycles. The van der Waals surface area contributed by atoms with Crippen molar-refractivity contribution in [3.8, 4) is 0 Å². The van der Waals surface area contributed by atoms with Gasteiger partial charge in [0.2, 0.25) is 0 Å². The first-order chi connectivity index (χ1) is 7.34. The molecule has 2 aliphatic carbocycles. The lowest BCUT2D eigenvalue weighted by Crippen LogP contribution is -2.17. The third-order valence-electron chi connectivity index (χ3n) is 3.85. The molecule has 3 nitrogen and oxygen atoms in total. The molecule has 0 radical (unpaired) electrons. The average molecular weight is 205 g/mol. The average Bonchev–Trinajstić information content (AvgIpc) is 2.86. The highest BCUT2D eigenvalue weighted by molar-refractivity contribution is 5.23. The van der Waals surface area contributed by atoms with Crippen LogP contribution in [-0.2, 0) is 6.42 Å². The molecular weight excluding hydrogens is 186 g/mol. The highest BCUT2D eigenvalue weighted by Crippen LogP contribution is 2.32. The maximum atomic E-state index is 6.08. The van der Waals surface area contributed by atoms with E-state index in [0.717, 1.165) is 6.42 Å². The van der Waals surface area contributed by atoms with E-state index in [1.165, 1.54) is 49.8 Å². The number of hydrogen-bond acceptors (Lipinski definition) is 2. The van der Waals surface area contributed by atoms with Crippen molar-refractivity contribution in [2.75, 3.05) is 0 Å². The van der Waals surface area contributed by atoms with E-state index >= 15 is 0 Å². The summed E-state index contributed by atoms with van der Waals surface area (Å²) in [5.41, 5.74) is 8.66. The standard InChI is InChI=1S/C12H19N3/c13-11-7-3-4-9-8-15(14-12(9)11)10-5-1-2-6-10/h8,10-11H,1-7,13H2. The van der Waals surface area contributed by atoms with Crippen molar-refractivity contribution in [3.63, 3.8) is 0 Å². The molecule has 0 saturated heterocycles. The quantitative estimate of drug-likeness (QED) is 0.764. The van der Waals surface area contributed by atoms with Crippen LogP contribution in [0.3, 0.4) is 0 Å². The molecule has 0 aliphatic heterocycles. The molecule has 1 heterocycles.